The van der Waals surface area contributed by atoms with Gasteiger partial charge in [0.25, 0.3) is 0 Å². The van der Waals surface area contributed by atoms with Gasteiger partial charge in [0.2, 0.25) is 0 Å². The predicted octanol–water partition coefficient (Wildman–Crippen LogP) is 3.96. The van der Waals surface area contributed by atoms with Crippen molar-refractivity contribution in [2.45, 2.75) is 26.4 Å². The molecule has 0 amide bonds. The van der Waals surface area contributed by atoms with Crippen LogP contribution in [-0.4, -0.2) is 11.4 Å². The van der Waals surface area contributed by atoms with Crippen LogP contribution in [-0.2, 0) is 13.1 Å². The van der Waals surface area contributed by atoms with E-state index in [1.54, 1.807) is 0 Å². The van der Waals surface area contributed by atoms with Crippen molar-refractivity contribution in [1.29, 1.82) is 0 Å². The number of nitrogens with zero attached hydrogens (tertiary/aromatic N) is 1. The Hall–Kier alpha value is -1.94. The van der Waals surface area contributed by atoms with Crippen molar-refractivity contribution in [2.75, 3.05) is 12.3 Å². The Morgan fingerprint density at radius 1 is 0.952 bits per heavy atom. The molecule has 4 heteroatoms. The average Bonchev–Trinajstić information content (AvgIpc) is 2.45. The molecule has 0 aliphatic rings. The summed E-state index contributed by atoms with van der Waals surface area (Å²) in [6, 6.07) is 11.5. The molecule has 0 bridgehead atoms. The molecule has 0 unspecified atom stereocenters. The Balaban J connectivity index is 2.18. The van der Waals surface area contributed by atoms with E-state index in [0.29, 0.717) is 12.2 Å². The summed E-state index contributed by atoms with van der Waals surface area (Å²) < 4.78 is 27.6. The van der Waals surface area contributed by atoms with E-state index in [1.807, 2.05) is 36.1 Å². The summed E-state index contributed by atoms with van der Waals surface area (Å²) in [6.45, 7) is 3.61. The molecule has 0 saturated carbocycles. The van der Waals surface area contributed by atoms with Crippen molar-refractivity contribution in [3.05, 3.63) is 65.2 Å². The molecule has 0 aliphatic heterocycles. The molecule has 112 valence electrons. The number of hydrogen-bond donors (Lipinski definition) is 1. The van der Waals surface area contributed by atoms with Crippen molar-refractivity contribution < 1.29 is 8.78 Å². The second-order valence-corrected chi connectivity index (χ2v) is 5.11. The van der Waals surface area contributed by atoms with Gasteiger partial charge >= 0.3 is 0 Å². The van der Waals surface area contributed by atoms with Crippen molar-refractivity contribution >= 4 is 5.69 Å². The van der Waals surface area contributed by atoms with E-state index < -0.39 is 11.6 Å². The monoisotopic (exact) mass is 290 g/mol. The highest BCUT2D eigenvalue weighted by Crippen LogP contribution is 2.19. The maximum absolute atomic E-state index is 13.8. The van der Waals surface area contributed by atoms with Crippen molar-refractivity contribution in [3.8, 4) is 0 Å². The van der Waals surface area contributed by atoms with Crippen LogP contribution in [0.2, 0.25) is 0 Å². The van der Waals surface area contributed by atoms with Crippen LogP contribution in [0.1, 0.15) is 24.5 Å². The Morgan fingerprint density at radius 3 is 2.24 bits per heavy atom. The lowest BCUT2D eigenvalue weighted by atomic mass is 10.1. The molecule has 0 aliphatic carbocycles. The van der Waals surface area contributed by atoms with E-state index in [1.165, 1.54) is 18.2 Å². The molecule has 2 rings (SSSR count). The van der Waals surface area contributed by atoms with Gasteiger partial charge in [-0.2, -0.15) is 0 Å². The van der Waals surface area contributed by atoms with Crippen LogP contribution in [0.3, 0.4) is 0 Å². The van der Waals surface area contributed by atoms with Gasteiger partial charge in [-0.05, 0) is 36.7 Å². The highest BCUT2D eigenvalue weighted by molar-refractivity contribution is 5.46. The molecule has 0 aromatic heterocycles. The lowest BCUT2D eigenvalue weighted by Crippen LogP contribution is -2.25. The van der Waals surface area contributed by atoms with Gasteiger partial charge in [-0.25, -0.2) is 8.78 Å². The van der Waals surface area contributed by atoms with Gasteiger partial charge in [-0.1, -0.05) is 31.2 Å². The SMILES string of the molecule is CCCN(Cc1ccccc1N)Cc1c(F)cccc1F. The molecule has 0 spiro atoms. The van der Waals surface area contributed by atoms with Gasteiger partial charge in [-0.3, -0.25) is 4.90 Å². The van der Waals surface area contributed by atoms with E-state index in [4.69, 9.17) is 5.73 Å². The molecule has 21 heavy (non-hydrogen) atoms. The fourth-order valence-corrected chi connectivity index (χ4v) is 2.36. The van der Waals surface area contributed by atoms with Crippen molar-refractivity contribution in [2.24, 2.45) is 0 Å². The molecule has 0 radical (unpaired) electrons. The second kappa shape index (κ2) is 7.18. The summed E-state index contributed by atoms with van der Waals surface area (Å²) in [6.07, 6.45) is 0.906. The molecular weight excluding hydrogens is 270 g/mol. The van der Waals surface area contributed by atoms with Crippen LogP contribution < -0.4 is 5.73 Å². The van der Waals surface area contributed by atoms with E-state index >= 15 is 0 Å². The zero-order valence-electron chi connectivity index (χ0n) is 12.2. The molecule has 0 saturated heterocycles. The van der Waals surface area contributed by atoms with Crippen LogP contribution in [0.5, 0.6) is 0 Å². The molecule has 2 N–H and O–H groups in total. The van der Waals surface area contributed by atoms with Crippen LogP contribution in [0.4, 0.5) is 14.5 Å². The van der Waals surface area contributed by atoms with Gasteiger partial charge in [-0.15, -0.1) is 0 Å². The average molecular weight is 290 g/mol. The van der Waals surface area contributed by atoms with Crippen molar-refractivity contribution in [3.63, 3.8) is 0 Å². The Morgan fingerprint density at radius 2 is 1.62 bits per heavy atom. The third-order valence-electron chi connectivity index (χ3n) is 3.43. The zero-order chi connectivity index (χ0) is 15.2. The molecule has 0 fully saturated rings. The van der Waals surface area contributed by atoms with Crippen molar-refractivity contribution in [1.82, 2.24) is 4.90 Å². The largest absolute Gasteiger partial charge is 0.398 e. The Kier molecular flexibility index (Phi) is 5.28. The summed E-state index contributed by atoms with van der Waals surface area (Å²) in [4.78, 5) is 2.01. The fourth-order valence-electron chi connectivity index (χ4n) is 2.36. The van der Waals surface area contributed by atoms with E-state index in [0.717, 1.165) is 18.5 Å². The normalized spacial score (nSPS) is 11.0. The first-order valence-electron chi connectivity index (χ1n) is 7.10. The van der Waals surface area contributed by atoms with Gasteiger partial charge in [0.15, 0.2) is 0 Å². The number of anilines is 1. The number of hydrogen-bond acceptors (Lipinski definition) is 2. The summed E-state index contributed by atoms with van der Waals surface area (Å²) in [5.41, 5.74) is 7.73. The van der Waals surface area contributed by atoms with Crippen LogP contribution in [0.25, 0.3) is 0 Å². The standard InChI is InChI=1S/C17H20F2N2/c1-2-10-21(11-13-6-3-4-9-17(13)20)12-14-15(18)7-5-8-16(14)19/h3-9H,2,10-12,20H2,1H3. The second-order valence-electron chi connectivity index (χ2n) is 5.11. The lowest BCUT2D eigenvalue weighted by Gasteiger charge is -2.23. The summed E-state index contributed by atoms with van der Waals surface area (Å²) in [7, 11) is 0. The number of halogens is 2. The maximum atomic E-state index is 13.8. The van der Waals surface area contributed by atoms with Gasteiger partial charge in [0, 0.05) is 24.3 Å². The number of para-hydroxylation sites is 1. The van der Waals surface area contributed by atoms with Crippen LogP contribution in [0.15, 0.2) is 42.5 Å². The number of nitrogen functional groups attached to an aromatic ring is 1. The fraction of sp³-hybridized carbons (Fsp3) is 0.294. The Labute approximate surface area is 124 Å². The smallest absolute Gasteiger partial charge is 0.130 e. The molecule has 2 aromatic rings. The number of rotatable bonds is 6. The first kappa shape index (κ1) is 15.4. The highest BCUT2D eigenvalue weighted by atomic mass is 19.1. The molecule has 0 atom stereocenters. The lowest BCUT2D eigenvalue weighted by molar-refractivity contribution is 0.250. The molecule has 2 aromatic carbocycles. The van der Waals surface area contributed by atoms with E-state index in [9.17, 15) is 8.78 Å². The minimum atomic E-state index is -0.503. The summed E-state index contributed by atoms with van der Waals surface area (Å²) in [5, 5.41) is 0. The van der Waals surface area contributed by atoms with Gasteiger partial charge in [0.1, 0.15) is 11.6 Å². The number of nitrogens with two attached hydrogens (primary N) is 1. The topological polar surface area (TPSA) is 29.3 Å². The first-order valence-corrected chi connectivity index (χ1v) is 7.10. The predicted molar refractivity (Wildman–Crippen MR) is 81.6 cm³/mol. The quantitative estimate of drug-likeness (QED) is 0.816. The van der Waals surface area contributed by atoms with E-state index in [-0.39, 0.29) is 12.1 Å². The Bertz CT molecular complexity index is 579. The molecule has 0 heterocycles. The minimum absolute atomic E-state index is 0.112. The van der Waals surface area contributed by atoms with Gasteiger partial charge < -0.3 is 5.73 Å². The molecule has 2 nitrogen and oxygen atoms in total. The highest BCUT2D eigenvalue weighted by Gasteiger charge is 2.14. The zero-order valence-corrected chi connectivity index (χ0v) is 12.2. The maximum Gasteiger partial charge on any atom is 0.130 e. The minimum Gasteiger partial charge on any atom is -0.398 e. The summed E-state index contributed by atoms with van der Waals surface area (Å²) in [5.74, 6) is -1.01. The third-order valence-corrected chi connectivity index (χ3v) is 3.43. The third kappa shape index (κ3) is 4.02. The first-order chi connectivity index (χ1) is 10.1. The van der Waals surface area contributed by atoms with Crippen LogP contribution >= 0.6 is 0 Å². The molecular formula is C17H20F2N2. The van der Waals surface area contributed by atoms with Crippen LogP contribution in [0, 0.1) is 11.6 Å². The summed E-state index contributed by atoms with van der Waals surface area (Å²) >= 11 is 0. The van der Waals surface area contributed by atoms with E-state index in [2.05, 4.69) is 0 Å². The number of benzene rings is 2. The van der Waals surface area contributed by atoms with Gasteiger partial charge in [0.05, 0.1) is 0 Å².